The van der Waals surface area contributed by atoms with Gasteiger partial charge in [-0.1, -0.05) is 0 Å². The van der Waals surface area contributed by atoms with Crippen LogP contribution in [-0.2, 0) is 20.2 Å². The monoisotopic (exact) mass is 277 g/mol. The summed E-state index contributed by atoms with van der Waals surface area (Å²) >= 11 is 0. The Kier molecular flexibility index (Phi) is 4.31. The number of aliphatic hydroxyl groups is 1. The Bertz CT molecular complexity index is 596. The van der Waals surface area contributed by atoms with E-state index in [1.165, 1.54) is 0 Å². The molecule has 0 amide bonds. The zero-order valence-corrected chi connectivity index (χ0v) is 11.8. The third kappa shape index (κ3) is 2.78. The van der Waals surface area contributed by atoms with Gasteiger partial charge < -0.3 is 20.1 Å². The van der Waals surface area contributed by atoms with Gasteiger partial charge in [0.15, 0.2) is 0 Å². The molecule has 0 spiro atoms. The second-order valence-electron chi connectivity index (χ2n) is 4.76. The van der Waals surface area contributed by atoms with Crippen LogP contribution in [0.25, 0.3) is 0 Å². The highest BCUT2D eigenvalue weighted by Crippen LogP contribution is 2.24. The van der Waals surface area contributed by atoms with E-state index in [2.05, 4.69) is 20.5 Å². The van der Waals surface area contributed by atoms with Crippen LogP contribution in [0.2, 0.25) is 0 Å². The highest BCUT2D eigenvalue weighted by atomic mass is 16.3. The first kappa shape index (κ1) is 14.4. The summed E-state index contributed by atoms with van der Waals surface area (Å²) in [6.07, 6.45) is 3.22. The van der Waals surface area contributed by atoms with E-state index in [1.807, 2.05) is 18.5 Å². The number of aromatic hydroxyl groups is 1. The van der Waals surface area contributed by atoms with Crippen LogP contribution < -0.4 is 5.32 Å². The molecule has 7 heteroatoms. The van der Waals surface area contributed by atoms with E-state index in [0.29, 0.717) is 23.4 Å². The summed E-state index contributed by atoms with van der Waals surface area (Å²) in [6, 6.07) is -0.0260. The third-order valence-corrected chi connectivity index (χ3v) is 3.32. The van der Waals surface area contributed by atoms with Crippen molar-refractivity contribution >= 4 is 0 Å². The molecular weight excluding hydrogens is 258 g/mol. The van der Waals surface area contributed by atoms with E-state index in [4.69, 9.17) is 0 Å². The molecular formula is C13H19N5O2. The minimum Gasteiger partial charge on any atom is -0.506 e. The number of aromatic nitrogens is 4. The topological polar surface area (TPSA) is 96.1 Å². The molecule has 7 nitrogen and oxygen atoms in total. The maximum Gasteiger partial charge on any atom is 0.149 e. The molecule has 2 rings (SSSR count). The van der Waals surface area contributed by atoms with Crippen molar-refractivity contribution in [3.8, 4) is 5.75 Å². The fraction of sp³-hybridized carbons (Fsp3) is 0.462. The molecule has 0 bridgehead atoms. The Morgan fingerprint density at radius 3 is 2.80 bits per heavy atom. The molecule has 0 aromatic carbocycles. The van der Waals surface area contributed by atoms with Gasteiger partial charge in [-0.25, -0.2) is 0 Å². The fourth-order valence-electron chi connectivity index (χ4n) is 2.05. The van der Waals surface area contributed by atoms with E-state index in [1.54, 1.807) is 19.4 Å². The Hall–Kier alpha value is -1.99. The smallest absolute Gasteiger partial charge is 0.149 e. The summed E-state index contributed by atoms with van der Waals surface area (Å²) < 4.78 is 1.84. The molecule has 0 aliphatic rings. The molecule has 1 atom stereocenters. The predicted molar refractivity (Wildman–Crippen MR) is 72.8 cm³/mol. The lowest BCUT2D eigenvalue weighted by atomic mass is 10.1. The summed E-state index contributed by atoms with van der Waals surface area (Å²) in [5.41, 5.74) is 1.82. The van der Waals surface area contributed by atoms with E-state index in [-0.39, 0.29) is 18.4 Å². The zero-order valence-electron chi connectivity index (χ0n) is 11.8. The average Bonchev–Trinajstić information content (AvgIpc) is 2.86. The van der Waals surface area contributed by atoms with Crippen LogP contribution in [0.4, 0.5) is 0 Å². The average molecular weight is 277 g/mol. The van der Waals surface area contributed by atoms with Crippen molar-refractivity contribution in [1.82, 2.24) is 25.1 Å². The second kappa shape index (κ2) is 5.98. The van der Waals surface area contributed by atoms with Crippen molar-refractivity contribution in [2.75, 3.05) is 0 Å². The lowest BCUT2D eigenvalue weighted by Gasteiger charge is -2.16. The number of hydrogen-bond donors (Lipinski definition) is 3. The Balaban J connectivity index is 2.15. The molecule has 2 aromatic heterocycles. The van der Waals surface area contributed by atoms with Gasteiger partial charge in [0, 0.05) is 30.9 Å². The molecule has 0 aliphatic heterocycles. The van der Waals surface area contributed by atoms with Gasteiger partial charge in [0.05, 0.1) is 18.3 Å². The normalized spacial score (nSPS) is 12.6. The van der Waals surface area contributed by atoms with Gasteiger partial charge in [-0.3, -0.25) is 4.98 Å². The van der Waals surface area contributed by atoms with Crippen LogP contribution in [0, 0.1) is 6.92 Å². The van der Waals surface area contributed by atoms with Crippen LogP contribution in [0.5, 0.6) is 5.75 Å². The van der Waals surface area contributed by atoms with Crippen molar-refractivity contribution in [3.05, 3.63) is 35.2 Å². The Morgan fingerprint density at radius 2 is 2.20 bits per heavy atom. The van der Waals surface area contributed by atoms with E-state index in [0.717, 1.165) is 5.82 Å². The third-order valence-electron chi connectivity index (χ3n) is 3.32. The number of pyridine rings is 1. The summed E-state index contributed by atoms with van der Waals surface area (Å²) in [5.74, 6) is 0.926. The first-order chi connectivity index (χ1) is 9.54. The van der Waals surface area contributed by atoms with Gasteiger partial charge in [-0.05, 0) is 13.8 Å². The number of aryl methyl sites for hydroxylation is 2. The van der Waals surface area contributed by atoms with E-state index < -0.39 is 0 Å². The van der Waals surface area contributed by atoms with Crippen molar-refractivity contribution in [3.63, 3.8) is 0 Å². The molecule has 3 N–H and O–H groups in total. The molecule has 1 unspecified atom stereocenters. The van der Waals surface area contributed by atoms with Crippen molar-refractivity contribution in [2.24, 2.45) is 7.05 Å². The Morgan fingerprint density at radius 1 is 1.45 bits per heavy atom. The molecule has 20 heavy (non-hydrogen) atoms. The summed E-state index contributed by atoms with van der Waals surface area (Å²) in [7, 11) is 1.88. The van der Waals surface area contributed by atoms with Crippen molar-refractivity contribution in [1.29, 1.82) is 0 Å². The van der Waals surface area contributed by atoms with Gasteiger partial charge in [-0.2, -0.15) is 0 Å². The molecule has 0 saturated carbocycles. The summed E-state index contributed by atoms with van der Waals surface area (Å²) in [5, 5.41) is 30.5. The minimum atomic E-state index is -0.157. The second-order valence-corrected chi connectivity index (χ2v) is 4.76. The largest absolute Gasteiger partial charge is 0.506 e. The standard InChI is InChI=1S/C13H19N5O2/c1-8-12(20)11(10(6-19)4-14-8)5-15-9(2)13-17-16-7-18(13)3/h4,7,9,15,19-20H,5-6H2,1-3H3. The predicted octanol–water partition coefficient (Wildman–Crippen LogP) is 0.567. The van der Waals surface area contributed by atoms with Crippen molar-refractivity contribution < 1.29 is 10.2 Å². The number of nitrogens with zero attached hydrogens (tertiary/aromatic N) is 4. The first-order valence-corrected chi connectivity index (χ1v) is 6.39. The van der Waals surface area contributed by atoms with E-state index >= 15 is 0 Å². The fourth-order valence-corrected chi connectivity index (χ4v) is 2.05. The molecule has 0 saturated heterocycles. The lowest BCUT2D eigenvalue weighted by molar-refractivity contribution is 0.278. The molecule has 0 radical (unpaired) electrons. The number of nitrogens with one attached hydrogen (secondary N) is 1. The van der Waals surface area contributed by atoms with Gasteiger partial charge in [0.25, 0.3) is 0 Å². The van der Waals surface area contributed by atoms with Gasteiger partial charge in [-0.15, -0.1) is 10.2 Å². The summed E-state index contributed by atoms with van der Waals surface area (Å²) in [6.45, 7) is 3.95. The quantitative estimate of drug-likeness (QED) is 0.739. The van der Waals surface area contributed by atoms with Crippen LogP contribution >= 0.6 is 0 Å². The van der Waals surface area contributed by atoms with Gasteiger partial charge in [0.2, 0.25) is 0 Å². The molecule has 2 aromatic rings. The minimum absolute atomic E-state index is 0.0260. The van der Waals surface area contributed by atoms with Crippen LogP contribution in [-0.4, -0.2) is 30.0 Å². The zero-order chi connectivity index (χ0) is 14.7. The number of hydrogen-bond acceptors (Lipinski definition) is 6. The maximum atomic E-state index is 10.1. The lowest BCUT2D eigenvalue weighted by Crippen LogP contribution is -2.22. The van der Waals surface area contributed by atoms with Crippen LogP contribution in [0.1, 0.15) is 35.6 Å². The maximum absolute atomic E-state index is 10.1. The number of aliphatic hydroxyl groups excluding tert-OH is 1. The number of rotatable bonds is 5. The Labute approximate surface area is 117 Å². The van der Waals surface area contributed by atoms with Crippen LogP contribution in [0.3, 0.4) is 0 Å². The van der Waals surface area contributed by atoms with Crippen LogP contribution in [0.15, 0.2) is 12.5 Å². The molecule has 0 aliphatic carbocycles. The van der Waals surface area contributed by atoms with Crippen molar-refractivity contribution in [2.45, 2.75) is 33.0 Å². The SMILES string of the molecule is Cc1ncc(CO)c(CNC(C)c2nncn2C)c1O. The van der Waals surface area contributed by atoms with E-state index in [9.17, 15) is 10.2 Å². The first-order valence-electron chi connectivity index (χ1n) is 6.39. The highest BCUT2D eigenvalue weighted by Gasteiger charge is 2.15. The van der Waals surface area contributed by atoms with Gasteiger partial charge in [0.1, 0.15) is 17.9 Å². The summed E-state index contributed by atoms with van der Waals surface area (Å²) in [4.78, 5) is 4.04. The highest BCUT2D eigenvalue weighted by molar-refractivity contribution is 5.40. The molecule has 2 heterocycles. The molecule has 108 valence electrons. The molecule has 0 fully saturated rings. The van der Waals surface area contributed by atoms with Gasteiger partial charge >= 0.3 is 0 Å².